The molecule has 0 bridgehead atoms. The minimum atomic E-state index is -0.0266. The van der Waals surface area contributed by atoms with Crippen LogP contribution in [0.4, 0.5) is 4.79 Å². The summed E-state index contributed by atoms with van der Waals surface area (Å²) in [4.78, 5) is 15.4. The average Bonchev–Trinajstić information content (AvgIpc) is 2.98. The van der Waals surface area contributed by atoms with Crippen molar-refractivity contribution in [3.8, 4) is 0 Å². The molecule has 5 heteroatoms. The number of benzene rings is 1. The summed E-state index contributed by atoms with van der Waals surface area (Å²) >= 11 is 5.09. The van der Waals surface area contributed by atoms with Crippen LogP contribution in [0, 0.1) is 0 Å². The molecular weight excluding hydrogens is 348 g/mol. The minimum Gasteiger partial charge on any atom is -0.331 e. The van der Waals surface area contributed by atoms with Crippen molar-refractivity contribution in [2.24, 2.45) is 0 Å². The van der Waals surface area contributed by atoms with Crippen LogP contribution in [0.25, 0.3) is 0 Å². The largest absolute Gasteiger partial charge is 0.331 e. The number of carbonyl (C=O) groups excluding carboxylic acids is 1. The molecule has 0 saturated heterocycles. The third kappa shape index (κ3) is 4.58. The van der Waals surface area contributed by atoms with Crippen LogP contribution >= 0.6 is 27.3 Å². The molecular formula is C16H19BrN2OS. The second-order valence-electron chi connectivity index (χ2n) is 4.82. The first kappa shape index (κ1) is 16.0. The van der Waals surface area contributed by atoms with Gasteiger partial charge in [-0.1, -0.05) is 34.1 Å². The maximum Gasteiger partial charge on any atom is 0.318 e. The molecule has 1 aromatic heterocycles. The molecule has 0 aliphatic rings. The Morgan fingerprint density at radius 1 is 1.33 bits per heavy atom. The first-order valence-corrected chi connectivity index (χ1v) is 8.60. The number of hydrogen-bond acceptors (Lipinski definition) is 2. The first-order valence-electron chi connectivity index (χ1n) is 6.93. The van der Waals surface area contributed by atoms with E-state index in [0.717, 1.165) is 10.0 Å². The van der Waals surface area contributed by atoms with Gasteiger partial charge in [-0.05, 0) is 43.0 Å². The van der Waals surface area contributed by atoms with Crippen molar-refractivity contribution in [1.29, 1.82) is 0 Å². The van der Waals surface area contributed by atoms with Gasteiger partial charge in [0.25, 0.3) is 0 Å². The van der Waals surface area contributed by atoms with E-state index in [1.165, 1.54) is 4.88 Å². The molecule has 1 N–H and O–H groups in total. The fourth-order valence-electron chi connectivity index (χ4n) is 2.03. The van der Waals surface area contributed by atoms with Gasteiger partial charge in [0.05, 0.1) is 12.6 Å². The molecule has 0 spiro atoms. The first-order chi connectivity index (χ1) is 10.1. The van der Waals surface area contributed by atoms with E-state index >= 15 is 0 Å². The van der Waals surface area contributed by atoms with Crippen molar-refractivity contribution in [3.63, 3.8) is 0 Å². The molecule has 0 saturated carbocycles. The van der Waals surface area contributed by atoms with Gasteiger partial charge in [-0.25, -0.2) is 4.79 Å². The molecule has 0 aliphatic carbocycles. The molecule has 2 aromatic rings. The highest BCUT2D eigenvalue weighted by Crippen LogP contribution is 2.17. The fourth-order valence-corrected chi connectivity index (χ4v) is 3.01. The van der Waals surface area contributed by atoms with Crippen LogP contribution in [0.15, 0.2) is 46.3 Å². The number of hydrogen-bond donors (Lipinski definition) is 1. The average molecular weight is 367 g/mol. The Bertz CT molecular complexity index is 568. The number of urea groups is 1. The normalized spacial score (nSPS) is 12.0. The molecule has 0 aliphatic heterocycles. The highest BCUT2D eigenvalue weighted by atomic mass is 79.9. The molecule has 2 amide bonds. The standard InChI is InChI=1S/C16H19BrN2OS/c1-3-19(11-15-5-4-10-21-15)16(20)18-12(2)13-6-8-14(17)9-7-13/h4-10,12H,3,11H2,1-2H3,(H,18,20). The predicted molar refractivity (Wildman–Crippen MR) is 91.5 cm³/mol. The van der Waals surface area contributed by atoms with Crippen LogP contribution in [-0.2, 0) is 6.54 Å². The number of rotatable bonds is 5. The summed E-state index contributed by atoms with van der Waals surface area (Å²) in [5.41, 5.74) is 1.10. The Morgan fingerprint density at radius 2 is 2.05 bits per heavy atom. The number of halogens is 1. The van der Waals surface area contributed by atoms with Gasteiger partial charge in [-0.2, -0.15) is 0 Å². The van der Waals surface area contributed by atoms with Crippen LogP contribution in [-0.4, -0.2) is 17.5 Å². The van der Waals surface area contributed by atoms with Gasteiger partial charge >= 0.3 is 6.03 Å². The van der Waals surface area contributed by atoms with Gasteiger partial charge in [-0.15, -0.1) is 11.3 Å². The zero-order chi connectivity index (χ0) is 15.2. The van der Waals surface area contributed by atoms with E-state index in [2.05, 4.69) is 27.3 Å². The Balaban J connectivity index is 1.96. The Hall–Kier alpha value is -1.33. The second-order valence-corrected chi connectivity index (χ2v) is 6.76. The number of amides is 2. The Kier molecular flexibility index (Phi) is 5.82. The summed E-state index contributed by atoms with van der Waals surface area (Å²) in [6, 6.07) is 12.0. The highest BCUT2D eigenvalue weighted by molar-refractivity contribution is 9.10. The highest BCUT2D eigenvalue weighted by Gasteiger charge is 2.15. The molecule has 1 heterocycles. The van der Waals surface area contributed by atoms with E-state index in [4.69, 9.17) is 0 Å². The monoisotopic (exact) mass is 366 g/mol. The second kappa shape index (κ2) is 7.61. The molecule has 3 nitrogen and oxygen atoms in total. The number of nitrogens with zero attached hydrogens (tertiary/aromatic N) is 1. The zero-order valence-corrected chi connectivity index (χ0v) is 14.6. The van der Waals surface area contributed by atoms with Crippen LogP contribution < -0.4 is 5.32 Å². The molecule has 21 heavy (non-hydrogen) atoms. The van der Waals surface area contributed by atoms with Gasteiger partial charge < -0.3 is 10.2 Å². The topological polar surface area (TPSA) is 32.3 Å². The number of nitrogens with one attached hydrogen (secondary N) is 1. The van der Waals surface area contributed by atoms with Crippen molar-refractivity contribution in [3.05, 3.63) is 56.7 Å². The third-order valence-electron chi connectivity index (χ3n) is 3.31. The predicted octanol–water partition coefficient (Wildman–Crippen LogP) is 4.80. The van der Waals surface area contributed by atoms with E-state index in [-0.39, 0.29) is 12.1 Å². The molecule has 1 unspecified atom stereocenters. The summed E-state index contributed by atoms with van der Waals surface area (Å²) in [7, 11) is 0. The van der Waals surface area contributed by atoms with Gasteiger partial charge in [0.2, 0.25) is 0 Å². The SMILES string of the molecule is CCN(Cc1cccs1)C(=O)NC(C)c1ccc(Br)cc1. The van der Waals surface area contributed by atoms with E-state index in [1.54, 1.807) is 11.3 Å². The lowest BCUT2D eigenvalue weighted by molar-refractivity contribution is 0.195. The Labute approximate surface area is 138 Å². The fraction of sp³-hybridized carbons (Fsp3) is 0.312. The smallest absolute Gasteiger partial charge is 0.318 e. The van der Waals surface area contributed by atoms with E-state index in [9.17, 15) is 4.79 Å². The summed E-state index contributed by atoms with van der Waals surface area (Å²) in [6.07, 6.45) is 0. The van der Waals surface area contributed by atoms with Gasteiger partial charge in [0.1, 0.15) is 0 Å². The zero-order valence-electron chi connectivity index (χ0n) is 12.2. The van der Waals surface area contributed by atoms with Crippen LogP contribution in [0.2, 0.25) is 0 Å². The van der Waals surface area contributed by atoms with Crippen LogP contribution in [0.3, 0.4) is 0 Å². The summed E-state index contributed by atoms with van der Waals surface area (Å²) < 4.78 is 1.04. The third-order valence-corrected chi connectivity index (χ3v) is 4.70. The number of thiophene rings is 1. The summed E-state index contributed by atoms with van der Waals surface area (Å²) in [6.45, 7) is 5.35. The lowest BCUT2D eigenvalue weighted by atomic mass is 10.1. The van der Waals surface area contributed by atoms with E-state index in [1.807, 2.05) is 54.5 Å². The van der Waals surface area contributed by atoms with Crippen molar-refractivity contribution in [2.45, 2.75) is 26.4 Å². The van der Waals surface area contributed by atoms with Crippen molar-refractivity contribution >= 4 is 33.3 Å². The van der Waals surface area contributed by atoms with E-state index in [0.29, 0.717) is 13.1 Å². The summed E-state index contributed by atoms with van der Waals surface area (Å²) in [5.74, 6) is 0. The maximum atomic E-state index is 12.4. The molecule has 112 valence electrons. The minimum absolute atomic E-state index is 0.0111. The van der Waals surface area contributed by atoms with Crippen LogP contribution in [0.5, 0.6) is 0 Å². The molecule has 2 rings (SSSR count). The van der Waals surface area contributed by atoms with E-state index < -0.39 is 0 Å². The van der Waals surface area contributed by atoms with Gasteiger partial charge in [0, 0.05) is 15.9 Å². The lowest BCUT2D eigenvalue weighted by Crippen LogP contribution is -2.40. The molecule has 0 radical (unpaired) electrons. The van der Waals surface area contributed by atoms with Crippen molar-refractivity contribution < 1.29 is 4.79 Å². The molecule has 1 atom stereocenters. The van der Waals surface area contributed by atoms with Gasteiger partial charge in [-0.3, -0.25) is 0 Å². The van der Waals surface area contributed by atoms with Crippen LogP contribution in [0.1, 0.15) is 30.3 Å². The summed E-state index contributed by atoms with van der Waals surface area (Å²) in [5, 5.41) is 5.09. The lowest BCUT2D eigenvalue weighted by Gasteiger charge is -2.23. The van der Waals surface area contributed by atoms with Gasteiger partial charge in [0.15, 0.2) is 0 Å². The van der Waals surface area contributed by atoms with Crippen molar-refractivity contribution in [1.82, 2.24) is 10.2 Å². The molecule has 0 fully saturated rings. The Morgan fingerprint density at radius 3 is 2.62 bits per heavy atom. The quantitative estimate of drug-likeness (QED) is 0.809. The number of carbonyl (C=O) groups is 1. The van der Waals surface area contributed by atoms with Crippen molar-refractivity contribution in [2.75, 3.05) is 6.54 Å². The molecule has 1 aromatic carbocycles. The maximum absolute atomic E-state index is 12.4.